The average molecular weight is 369 g/mol. The lowest BCUT2D eigenvalue weighted by Crippen LogP contribution is -2.34. The van der Waals surface area contributed by atoms with Crippen LogP contribution in [0.3, 0.4) is 0 Å². The van der Waals surface area contributed by atoms with E-state index >= 15 is 0 Å². The van der Waals surface area contributed by atoms with Crippen molar-refractivity contribution in [2.45, 2.75) is 6.92 Å². The Bertz CT molecular complexity index is 668. The van der Waals surface area contributed by atoms with Gasteiger partial charge in [0.15, 0.2) is 0 Å². The fourth-order valence-corrected chi connectivity index (χ4v) is 2.16. The number of rotatable bonds is 7. The van der Waals surface area contributed by atoms with Crippen molar-refractivity contribution in [2.24, 2.45) is 0 Å². The second kappa shape index (κ2) is 9.67. The zero-order chi connectivity index (χ0) is 18.1. The Morgan fingerprint density at radius 3 is 2.17 bits per heavy atom. The van der Waals surface area contributed by atoms with E-state index < -0.39 is 20.4 Å². The summed E-state index contributed by atoms with van der Waals surface area (Å²) in [7, 11) is -5.90. The summed E-state index contributed by atoms with van der Waals surface area (Å²) in [5, 5.41) is 3.09. The van der Waals surface area contributed by atoms with Crippen molar-refractivity contribution in [3.05, 3.63) is 24.3 Å². The van der Waals surface area contributed by atoms with E-state index in [-0.39, 0.29) is 0 Å². The van der Waals surface area contributed by atoms with Crippen molar-refractivity contribution in [1.29, 1.82) is 0 Å². The number of nitrogens with one attached hydrogen (secondary N) is 2. The first-order chi connectivity index (χ1) is 10.5. The van der Waals surface area contributed by atoms with Gasteiger partial charge in [-0.15, -0.1) is 0 Å². The molecule has 1 aromatic carbocycles. The maximum Gasteiger partial charge on any atom is 0.394 e. The molecule has 134 valence electrons. The highest BCUT2D eigenvalue weighted by Gasteiger charge is 2.06. The molecule has 0 amide bonds. The predicted molar refractivity (Wildman–Crippen MR) is 90.9 cm³/mol. The van der Waals surface area contributed by atoms with Crippen molar-refractivity contribution in [3.63, 3.8) is 0 Å². The van der Waals surface area contributed by atoms with Gasteiger partial charge in [-0.1, -0.05) is 6.07 Å². The number of nitrogens with zero attached hydrogens (tertiary/aromatic N) is 1. The van der Waals surface area contributed by atoms with Crippen molar-refractivity contribution >= 4 is 31.8 Å². The Labute approximate surface area is 137 Å². The molecular formula is C12H23N3O6S2. The first-order valence-electron chi connectivity index (χ1n) is 6.63. The quantitative estimate of drug-likeness (QED) is 0.509. The van der Waals surface area contributed by atoms with Gasteiger partial charge in [0.05, 0.1) is 6.26 Å². The van der Waals surface area contributed by atoms with Crippen LogP contribution < -0.4 is 14.9 Å². The molecule has 0 unspecified atom stereocenters. The van der Waals surface area contributed by atoms with Crippen molar-refractivity contribution in [2.75, 3.05) is 43.2 Å². The minimum Gasteiger partial charge on any atom is -0.388 e. The smallest absolute Gasteiger partial charge is 0.388 e. The second-order valence-corrected chi connectivity index (χ2v) is 7.22. The van der Waals surface area contributed by atoms with Gasteiger partial charge in [-0.3, -0.25) is 9.11 Å². The third kappa shape index (κ3) is 12.8. The van der Waals surface area contributed by atoms with Crippen LogP contribution in [-0.4, -0.2) is 58.9 Å². The van der Waals surface area contributed by atoms with Gasteiger partial charge in [-0.05, 0) is 25.1 Å². The standard InChI is InChI=1S/C12H21N3O2S.H2O4S/c1-4-15(9-8-14-18(3,16)17)12-7-5-6-11(10-12)13-2;1-5(2,3)4/h5-7,10,13-14H,4,8-9H2,1-3H3;(H2,1,2,3,4). The van der Waals surface area contributed by atoms with E-state index in [9.17, 15) is 8.42 Å². The topological polar surface area (TPSA) is 136 Å². The Hall–Kier alpha value is -1.40. The summed E-state index contributed by atoms with van der Waals surface area (Å²) in [6.45, 7) is 3.94. The van der Waals surface area contributed by atoms with Crippen LogP contribution in [-0.2, 0) is 20.4 Å². The molecule has 1 aromatic rings. The van der Waals surface area contributed by atoms with E-state index in [1.165, 1.54) is 6.26 Å². The van der Waals surface area contributed by atoms with Gasteiger partial charge in [0.2, 0.25) is 10.0 Å². The fraction of sp³-hybridized carbons (Fsp3) is 0.500. The molecule has 23 heavy (non-hydrogen) atoms. The highest BCUT2D eigenvalue weighted by Crippen LogP contribution is 2.18. The van der Waals surface area contributed by atoms with Crippen LogP contribution >= 0.6 is 0 Å². The van der Waals surface area contributed by atoms with Gasteiger partial charge >= 0.3 is 10.4 Å². The summed E-state index contributed by atoms with van der Waals surface area (Å²) in [4.78, 5) is 2.12. The van der Waals surface area contributed by atoms with E-state index in [4.69, 9.17) is 17.5 Å². The van der Waals surface area contributed by atoms with Gasteiger partial charge in [-0.2, -0.15) is 8.42 Å². The van der Waals surface area contributed by atoms with Gasteiger partial charge in [0, 0.05) is 38.1 Å². The van der Waals surface area contributed by atoms with Crippen LogP contribution in [0.2, 0.25) is 0 Å². The average Bonchev–Trinajstić information content (AvgIpc) is 2.41. The maximum absolute atomic E-state index is 11.0. The normalized spacial score (nSPS) is 11.3. The Morgan fingerprint density at radius 1 is 1.17 bits per heavy atom. The summed E-state index contributed by atoms with van der Waals surface area (Å²) < 4.78 is 56.1. The molecule has 4 N–H and O–H groups in total. The molecule has 0 spiro atoms. The molecule has 9 nitrogen and oxygen atoms in total. The van der Waals surface area contributed by atoms with Crippen LogP contribution in [0.5, 0.6) is 0 Å². The van der Waals surface area contributed by atoms with Crippen molar-refractivity contribution in [1.82, 2.24) is 4.72 Å². The number of hydrogen-bond donors (Lipinski definition) is 4. The van der Waals surface area contributed by atoms with Crippen molar-refractivity contribution < 1.29 is 25.9 Å². The summed E-state index contributed by atoms with van der Waals surface area (Å²) in [6.07, 6.45) is 1.17. The molecule has 0 saturated carbocycles. The summed E-state index contributed by atoms with van der Waals surface area (Å²) in [5.74, 6) is 0. The molecule has 0 heterocycles. The zero-order valence-electron chi connectivity index (χ0n) is 13.2. The number of sulfonamides is 1. The Kier molecular flexibility index (Phi) is 9.09. The van der Waals surface area contributed by atoms with Crippen LogP contribution in [0.4, 0.5) is 11.4 Å². The van der Waals surface area contributed by atoms with Crippen LogP contribution in [0.1, 0.15) is 6.92 Å². The van der Waals surface area contributed by atoms with Gasteiger partial charge in [0.1, 0.15) is 0 Å². The third-order valence-corrected chi connectivity index (χ3v) is 3.36. The summed E-state index contributed by atoms with van der Waals surface area (Å²) in [5.41, 5.74) is 2.13. The molecule has 0 aliphatic heterocycles. The summed E-state index contributed by atoms with van der Waals surface area (Å²) in [6, 6.07) is 8.04. The molecule has 0 saturated heterocycles. The fourth-order valence-electron chi connectivity index (χ4n) is 1.69. The highest BCUT2D eigenvalue weighted by molar-refractivity contribution is 7.88. The SMILES string of the molecule is CCN(CCNS(C)(=O)=O)c1cccc(NC)c1.O=S(=O)(O)O. The number of anilines is 2. The van der Waals surface area contributed by atoms with Crippen molar-refractivity contribution in [3.8, 4) is 0 Å². The maximum atomic E-state index is 11.0. The molecule has 1 rings (SSSR count). The molecular weight excluding hydrogens is 346 g/mol. The molecule has 0 aliphatic carbocycles. The molecule has 0 radical (unpaired) electrons. The molecule has 0 fully saturated rings. The zero-order valence-corrected chi connectivity index (χ0v) is 14.9. The van der Waals surface area contributed by atoms with E-state index in [0.29, 0.717) is 13.1 Å². The van der Waals surface area contributed by atoms with Gasteiger partial charge < -0.3 is 10.2 Å². The Morgan fingerprint density at radius 2 is 1.74 bits per heavy atom. The van der Waals surface area contributed by atoms with Gasteiger partial charge in [0.25, 0.3) is 0 Å². The lowest BCUT2D eigenvalue weighted by atomic mass is 10.2. The molecule has 0 atom stereocenters. The number of benzene rings is 1. The first-order valence-corrected chi connectivity index (χ1v) is 9.92. The molecule has 0 aromatic heterocycles. The second-order valence-electron chi connectivity index (χ2n) is 4.49. The van der Waals surface area contributed by atoms with E-state index in [1.807, 2.05) is 38.2 Å². The lowest BCUT2D eigenvalue weighted by Gasteiger charge is -2.23. The molecule has 11 heteroatoms. The van der Waals surface area contributed by atoms with Crippen LogP contribution in [0.25, 0.3) is 0 Å². The Balaban J connectivity index is 0.000000841. The summed E-state index contributed by atoms with van der Waals surface area (Å²) >= 11 is 0. The molecule has 0 aliphatic rings. The van der Waals surface area contributed by atoms with Crippen LogP contribution in [0, 0.1) is 0 Å². The number of hydrogen-bond acceptors (Lipinski definition) is 6. The van der Waals surface area contributed by atoms with Crippen LogP contribution in [0.15, 0.2) is 24.3 Å². The van der Waals surface area contributed by atoms with E-state index in [0.717, 1.165) is 17.9 Å². The minimum atomic E-state index is -4.67. The van der Waals surface area contributed by atoms with Gasteiger partial charge in [-0.25, -0.2) is 13.1 Å². The minimum absolute atomic E-state index is 0.413. The number of likely N-dealkylation sites (N-methyl/N-ethyl adjacent to an activating group) is 1. The van der Waals surface area contributed by atoms with E-state index in [2.05, 4.69) is 14.9 Å². The largest absolute Gasteiger partial charge is 0.394 e. The first kappa shape index (κ1) is 21.6. The molecule has 0 bridgehead atoms. The van der Waals surface area contributed by atoms with E-state index in [1.54, 1.807) is 0 Å². The lowest BCUT2D eigenvalue weighted by molar-refractivity contribution is 0.381. The third-order valence-electron chi connectivity index (χ3n) is 2.63. The highest BCUT2D eigenvalue weighted by atomic mass is 32.3. The predicted octanol–water partition coefficient (Wildman–Crippen LogP) is 0.451. The monoisotopic (exact) mass is 369 g/mol.